The molecule has 0 bridgehead atoms. The van der Waals surface area contributed by atoms with Gasteiger partial charge in [-0.1, -0.05) is 0 Å². The second-order valence-corrected chi connectivity index (χ2v) is 8.17. The van der Waals surface area contributed by atoms with E-state index in [1.807, 2.05) is 18.7 Å². The van der Waals surface area contributed by atoms with Crippen molar-refractivity contribution in [3.8, 4) is 0 Å². The van der Waals surface area contributed by atoms with E-state index in [0.717, 1.165) is 57.3 Å². The van der Waals surface area contributed by atoms with Crippen molar-refractivity contribution in [1.82, 2.24) is 14.9 Å². The molecule has 7 heteroatoms. The number of amides is 2. The van der Waals surface area contributed by atoms with Crippen molar-refractivity contribution in [2.45, 2.75) is 64.8 Å². The van der Waals surface area contributed by atoms with Crippen LogP contribution in [0.5, 0.6) is 0 Å². The van der Waals surface area contributed by atoms with E-state index in [2.05, 4.69) is 15.3 Å². The van der Waals surface area contributed by atoms with Gasteiger partial charge in [0.25, 0.3) is 5.91 Å². The van der Waals surface area contributed by atoms with Gasteiger partial charge in [0, 0.05) is 31.2 Å². The van der Waals surface area contributed by atoms with Crippen LogP contribution in [0, 0.1) is 11.8 Å². The van der Waals surface area contributed by atoms with E-state index in [0.29, 0.717) is 29.8 Å². The number of likely N-dealkylation sites (tertiary alicyclic amines) is 1. The molecule has 1 saturated carbocycles. The summed E-state index contributed by atoms with van der Waals surface area (Å²) in [5.74, 6) is 0.974. The number of nitrogens with one attached hydrogen (secondary N) is 1. The minimum atomic E-state index is -0.487. The largest absolute Gasteiger partial charge is 0.365 e. The summed E-state index contributed by atoms with van der Waals surface area (Å²) in [6.07, 6.45) is 8.33. The van der Waals surface area contributed by atoms with E-state index < -0.39 is 5.91 Å². The van der Waals surface area contributed by atoms with Crippen LogP contribution in [0.15, 0.2) is 6.20 Å². The number of nitrogens with zero attached hydrogens (tertiary/aromatic N) is 3. The third-order valence-corrected chi connectivity index (χ3v) is 5.65. The van der Waals surface area contributed by atoms with Crippen LogP contribution in [0.2, 0.25) is 0 Å². The predicted molar refractivity (Wildman–Crippen MR) is 104 cm³/mol. The first-order valence-electron chi connectivity index (χ1n) is 10.1. The molecule has 0 aromatic carbocycles. The molecule has 1 aliphatic carbocycles. The van der Waals surface area contributed by atoms with Gasteiger partial charge in [0.1, 0.15) is 0 Å². The molecular formula is C20H31N5O2. The van der Waals surface area contributed by atoms with E-state index in [9.17, 15) is 9.59 Å². The van der Waals surface area contributed by atoms with Crippen molar-refractivity contribution in [2.75, 3.05) is 18.4 Å². The van der Waals surface area contributed by atoms with Gasteiger partial charge < -0.3 is 16.0 Å². The third-order valence-electron chi connectivity index (χ3n) is 5.65. The maximum absolute atomic E-state index is 12.6. The lowest BCUT2D eigenvalue weighted by molar-refractivity contribution is -0.135. The number of primary amides is 1. The van der Waals surface area contributed by atoms with Gasteiger partial charge in [-0.15, -0.1) is 0 Å². The molecule has 2 fully saturated rings. The lowest BCUT2D eigenvalue weighted by atomic mass is 9.79. The fourth-order valence-electron chi connectivity index (χ4n) is 4.19. The number of aromatic nitrogens is 2. The Morgan fingerprint density at radius 1 is 1.22 bits per heavy atom. The average molecular weight is 374 g/mol. The number of nitrogens with two attached hydrogens (primary N) is 1. The molecule has 3 N–H and O–H groups in total. The summed E-state index contributed by atoms with van der Waals surface area (Å²) in [6, 6.07) is 0.212. The Kier molecular flexibility index (Phi) is 6.29. The van der Waals surface area contributed by atoms with Gasteiger partial charge in [-0.05, 0) is 64.7 Å². The van der Waals surface area contributed by atoms with Crippen LogP contribution < -0.4 is 11.1 Å². The Morgan fingerprint density at radius 2 is 1.89 bits per heavy atom. The Balaban J connectivity index is 1.62. The second kappa shape index (κ2) is 8.67. The van der Waals surface area contributed by atoms with Gasteiger partial charge >= 0.3 is 0 Å². The average Bonchev–Trinajstić information content (AvgIpc) is 3.16. The Morgan fingerprint density at radius 3 is 2.48 bits per heavy atom. The highest BCUT2D eigenvalue weighted by atomic mass is 16.2. The Bertz CT molecular complexity index is 677. The van der Waals surface area contributed by atoms with E-state index in [1.165, 1.54) is 6.20 Å². The third kappa shape index (κ3) is 4.96. The first-order chi connectivity index (χ1) is 12.9. The molecule has 2 aliphatic rings. The van der Waals surface area contributed by atoms with Crippen LogP contribution in [-0.2, 0) is 11.2 Å². The van der Waals surface area contributed by atoms with Gasteiger partial charge in [0.15, 0.2) is 0 Å². The van der Waals surface area contributed by atoms with Crippen molar-refractivity contribution in [3.05, 3.63) is 17.5 Å². The molecule has 7 nitrogen and oxygen atoms in total. The molecule has 0 radical (unpaired) electrons. The molecule has 0 unspecified atom stereocenters. The van der Waals surface area contributed by atoms with Crippen molar-refractivity contribution in [3.63, 3.8) is 0 Å². The maximum Gasteiger partial charge on any atom is 0.252 e. The van der Waals surface area contributed by atoms with Gasteiger partial charge in [0.05, 0.1) is 11.3 Å². The van der Waals surface area contributed by atoms with Crippen molar-refractivity contribution in [1.29, 1.82) is 0 Å². The van der Waals surface area contributed by atoms with Crippen LogP contribution in [0.3, 0.4) is 0 Å². The summed E-state index contributed by atoms with van der Waals surface area (Å²) in [5, 5.41) is 3.18. The topological polar surface area (TPSA) is 101 Å². The molecule has 27 heavy (non-hydrogen) atoms. The first-order valence-corrected chi connectivity index (χ1v) is 10.1. The fourth-order valence-corrected chi connectivity index (χ4v) is 4.19. The molecule has 0 atom stereocenters. The number of carbonyl (C=O) groups is 2. The minimum Gasteiger partial charge on any atom is -0.365 e. The molecule has 1 saturated heterocycles. The van der Waals surface area contributed by atoms with Crippen molar-refractivity contribution in [2.24, 2.45) is 17.6 Å². The highest BCUT2D eigenvalue weighted by Crippen LogP contribution is 2.33. The van der Waals surface area contributed by atoms with Gasteiger partial charge in [0.2, 0.25) is 11.9 Å². The molecule has 0 spiro atoms. The molecular weight excluding hydrogens is 342 g/mol. The number of hydrogen-bond donors (Lipinski definition) is 2. The predicted octanol–water partition coefficient (Wildman–Crippen LogP) is 2.37. The highest BCUT2D eigenvalue weighted by Gasteiger charge is 2.31. The summed E-state index contributed by atoms with van der Waals surface area (Å²) in [7, 11) is 0. The zero-order valence-corrected chi connectivity index (χ0v) is 16.4. The highest BCUT2D eigenvalue weighted by molar-refractivity contribution is 5.93. The molecule has 2 amide bonds. The fraction of sp³-hybridized carbons (Fsp3) is 0.700. The summed E-state index contributed by atoms with van der Waals surface area (Å²) >= 11 is 0. The standard InChI is InChI=1S/C20H31N5O2/c1-13(2)23-20-22-12-16(18(21)26)17(24-20)11-14-5-7-15(8-6-14)19(27)25-9-3-4-10-25/h12-15H,3-11H2,1-2H3,(H2,21,26)(H,22,23,24)/t14-,15+. The lowest BCUT2D eigenvalue weighted by Crippen LogP contribution is -2.36. The van der Waals surface area contributed by atoms with Crippen LogP contribution >= 0.6 is 0 Å². The van der Waals surface area contributed by atoms with Crippen LogP contribution in [0.25, 0.3) is 0 Å². The summed E-state index contributed by atoms with van der Waals surface area (Å²) in [4.78, 5) is 35.1. The van der Waals surface area contributed by atoms with Gasteiger partial charge in [-0.2, -0.15) is 0 Å². The van der Waals surface area contributed by atoms with Gasteiger partial charge in [-0.25, -0.2) is 9.97 Å². The summed E-state index contributed by atoms with van der Waals surface area (Å²) < 4.78 is 0. The van der Waals surface area contributed by atoms with E-state index >= 15 is 0 Å². The smallest absolute Gasteiger partial charge is 0.252 e. The molecule has 1 aromatic rings. The van der Waals surface area contributed by atoms with Crippen molar-refractivity contribution >= 4 is 17.8 Å². The van der Waals surface area contributed by atoms with E-state index in [4.69, 9.17) is 5.73 Å². The maximum atomic E-state index is 12.6. The number of rotatable bonds is 6. The van der Waals surface area contributed by atoms with E-state index in [1.54, 1.807) is 0 Å². The van der Waals surface area contributed by atoms with Crippen LogP contribution in [-0.4, -0.2) is 45.8 Å². The van der Waals surface area contributed by atoms with Gasteiger partial charge in [-0.3, -0.25) is 9.59 Å². The Hall–Kier alpha value is -2.18. The zero-order valence-electron chi connectivity index (χ0n) is 16.4. The van der Waals surface area contributed by atoms with Crippen LogP contribution in [0.4, 0.5) is 5.95 Å². The number of carbonyl (C=O) groups excluding carboxylic acids is 2. The SMILES string of the molecule is CC(C)Nc1ncc(C(N)=O)c(C[C@H]2CC[C@@H](C(=O)N3CCCC3)CC2)n1. The molecule has 148 valence electrons. The quantitative estimate of drug-likeness (QED) is 0.797. The summed E-state index contributed by atoms with van der Waals surface area (Å²) in [5.41, 5.74) is 6.63. The Labute approximate surface area is 161 Å². The molecule has 1 aromatic heterocycles. The monoisotopic (exact) mass is 373 g/mol. The minimum absolute atomic E-state index is 0.165. The lowest BCUT2D eigenvalue weighted by Gasteiger charge is -2.30. The van der Waals surface area contributed by atoms with Crippen LogP contribution in [0.1, 0.15) is 68.4 Å². The van der Waals surface area contributed by atoms with E-state index in [-0.39, 0.29) is 12.0 Å². The number of hydrogen-bond acceptors (Lipinski definition) is 5. The zero-order chi connectivity index (χ0) is 19.4. The molecule has 2 heterocycles. The second-order valence-electron chi connectivity index (χ2n) is 8.17. The number of anilines is 1. The molecule has 3 rings (SSSR count). The normalized spacial score (nSPS) is 22.9. The molecule has 1 aliphatic heterocycles. The van der Waals surface area contributed by atoms with Crippen molar-refractivity contribution < 1.29 is 9.59 Å². The summed E-state index contributed by atoms with van der Waals surface area (Å²) in [6.45, 7) is 5.88. The first kappa shape index (κ1) is 19.6.